The number of carbonyl (C=O) groups excluding carboxylic acids is 1. The third kappa shape index (κ3) is 4.18. The summed E-state index contributed by atoms with van der Waals surface area (Å²) < 4.78 is 4.90. The van der Waals surface area contributed by atoms with Crippen molar-refractivity contribution < 1.29 is 19.4 Å². The second kappa shape index (κ2) is 6.76. The van der Waals surface area contributed by atoms with Crippen LogP contribution in [0.25, 0.3) is 0 Å². The molecule has 0 saturated carbocycles. The molecule has 0 saturated heterocycles. The van der Waals surface area contributed by atoms with Gasteiger partial charge < -0.3 is 14.7 Å². The van der Waals surface area contributed by atoms with Gasteiger partial charge >= 0.3 is 5.97 Å². The minimum absolute atomic E-state index is 0.0184. The number of ether oxygens (including phenoxy) is 1. The standard InChI is InChI=1S/C13H17NO4/c1-14(7-8-18-2)12(15)9-10-3-5-11(6-4-10)13(16)17/h3-6H,7-9H2,1-2H3,(H,16,17). The van der Waals surface area contributed by atoms with Crippen LogP contribution in [0.1, 0.15) is 15.9 Å². The maximum atomic E-state index is 11.8. The van der Waals surface area contributed by atoms with E-state index in [1.165, 1.54) is 12.1 Å². The van der Waals surface area contributed by atoms with Gasteiger partial charge in [0.1, 0.15) is 0 Å². The maximum Gasteiger partial charge on any atom is 0.335 e. The number of hydrogen-bond donors (Lipinski definition) is 1. The van der Waals surface area contributed by atoms with Crippen molar-refractivity contribution in [3.05, 3.63) is 35.4 Å². The summed E-state index contributed by atoms with van der Waals surface area (Å²) in [6.07, 6.45) is 0.264. The second-order valence-corrected chi connectivity index (χ2v) is 3.99. The summed E-state index contributed by atoms with van der Waals surface area (Å²) in [6.45, 7) is 1.04. The quantitative estimate of drug-likeness (QED) is 0.820. The Morgan fingerprint density at radius 1 is 1.28 bits per heavy atom. The molecule has 1 aromatic rings. The Morgan fingerprint density at radius 2 is 1.89 bits per heavy atom. The Bertz CT molecular complexity index is 414. The molecule has 1 aromatic carbocycles. The molecule has 0 bridgehead atoms. The molecule has 5 nitrogen and oxygen atoms in total. The summed E-state index contributed by atoms with van der Waals surface area (Å²) in [5.74, 6) is -0.986. The third-order valence-corrected chi connectivity index (χ3v) is 2.61. The molecule has 0 aliphatic rings. The monoisotopic (exact) mass is 251 g/mol. The first-order valence-corrected chi connectivity index (χ1v) is 5.59. The van der Waals surface area contributed by atoms with E-state index in [0.29, 0.717) is 13.2 Å². The number of carbonyl (C=O) groups is 2. The molecule has 0 heterocycles. The molecule has 0 aromatic heterocycles. The zero-order valence-corrected chi connectivity index (χ0v) is 10.5. The van der Waals surface area contributed by atoms with Crippen molar-refractivity contribution >= 4 is 11.9 Å². The van der Waals surface area contributed by atoms with E-state index < -0.39 is 5.97 Å². The molecule has 1 amide bonds. The number of methoxy groups -OCH3 is 1. The SMILES string of the molecule is COCCN(C)C(=O)Cc1ccc(C(=O)O)cc1. The first kappa shape index (κ1) is 14.2. The lowest BCUT2D eigenvalue weighted by Gasteiger charge is -2.16. The van der Waals surface area contributed by atoms with Gasteiger partial charge in [0.25, 0.3) is 0 Å². The number of carboxylic acids is 1. The van der Waals surface area contributed by atoms with E-state index in [1.54, 1.807) is 31.2 Å². The fourth-order valence-corrected chi connectivity index (χ4v) is 1.43. The molecule has 0 radical (unpaired) electrons. The highest BCUT2D eigenvalue weighted by Gasteiger charge is 2.10. The zero-order chi connectivity index (χ0) is 13.5. The minimum Gasteiger partial charge on any atom is -0.478 e. The topological polar surface area (TPSA) is 66.8 Å². The van der Waals surface area contributed by atoms with Gasteiger partial charge in [0.2, 0.25) is 5.91 Å². The fourth-order valence-electron chi connectivity index (χ4n) is 1.43. The van der Waals surface area contributed by atoms with Gasteiger partial charge in [-0.25, -0.2) is 4.79 Å². The maximum absolute atomic E-state index is 11.8. The Hall–Kier alpha value is -1.88. The number of benzene rings is 1. The lowest BCUT2D eigenvalue weighted by molar-refractivity contribution is -0.129. The van der Waals surface area contributed by atoms with Gasteiger partial charge in [-0.1, -0.05) is 12.1 Å². The van der Waals surface area contributed by atoms with Crippen molar-refractivity contribution in [1.29, 1.82) is 0 Å². The van der Waals surface area contributed by atoms with E-state index in [9.17, 15) is 9.59 Å². The molecule has 18 heavy (non-hydrogen) atoms. The first-order chi connectivity index (χ1) is 8.54. The van der Waals surface area contributed by atoms with E-state index in [-0.39, 0.29) is 17.9 Å². The first-order valence-electron chi connectivity index (χ1n) is 5.59. The van der Waals surface area contributed by atoms with Crippen molar-refractivity contribution in [2.24, 2.45) is 0 Å². The highest BCUT2D eigenvalue weighted by molar-refractivity contribution is 5.87. The Kier molecular flexibility index (Phi) is 5.32. The number of aromatic carboxylic acids is 1. The predicted octanol–water partition coefficient (Wildman–Crippen LogP) is 1.03. The third-order valence-electron chi connectivity index (χ3n) is 2.61. The average molecular weight is 251 g/mol. The van der Waals surface area contributed by atoms with E-state index in [2.05, 4.69) is 0 Å². The Labute approximate surface area is 106 Å². The molecule has 0 unspecified atom stereocenters. The van der Waals surface area contributed by atoms with E-state index in [4.69, 9.17) is 9.84 Å². The number of rotatable bonds is 6. The Balaban J connectivity index is 2.56. The second-order valence-electron chi connectivity index (χ2n) is 3.99. The lowest BCUT2D eigenvalue weighted by atomic mass is 10.1. The van der Waals surface area contributed by atoms with Crippen LogP contribution in [-0.2, 0) is 16.0 Å². The van der Waals surface area contributed by atoms with Crippen molar-refractivity contribution in [2.75, 3.05) is 27.3 Å². The molecule has 1 rings (SSSR count). The smallest absolute Gasteiger partial charge is 0.335 e. The van der Waals surface area contributed by atoms with Gasteiger partial charge in [-0.2, -0.15) is 0 Å². The van der Waals surface area contributed by atoms with Crippen LogP contribution in [0.5, 0.6) is 0 Å². The van der Waals surface area contributed by atoms with Crippen LogP contribution in [-0.4, -0.2) is 49.2 Å². The molecule has 1 N–H and O–H groups in total. The molecule has 0 spiro atoms. The molecule has 98 valence electrons. The summed E-state index contributed by atoms with van der Waals surface area (Å²) >= 11 is 0. The van der Waals surface area contributed by atoms with Gasteiger partial charge in [-0.15, -0.1) is 0 Å². The lowest BCUT2D eigenvalue weighted by Crippen LogP contribution is -2.31. The largest absolute Gasteiger partial charge is 0.478 e. The van der Waals surface area contributed by atoms with Crippen molar-refractivity contribution in [2.45, 2.75) is 6.42 Å². The van der Waals surface area contributed by atoms with Crippen LogP contribution in [0.15, 0.2) is 24.3 Å². The van der Waals surface area contributed by atoms with Crippen LogP contribution < -0.4 is 0 Å². The summed E-state index contributed by atoms with van der Waals surface area (Å²) in [7, 11) is 3.30. The van der Waals surface area contributed by atoms with Crippen molar-refractivity contribution in [1.82, 2.24) is 4.90 Å². The molecular weight excluding hydrogens is 234 g/mol. The number of nitrogens with zero attached hydrogens (tertiary/aromatic N) is 1. The van der Waals surface area contributed by atoms with Gasteiger partial charge in [0, 0.05) is 20.7 Å². The number of amides is 1. The summed E-state index contributed by atoms with van der Waals surface area (Å²) in [5, 5.41) is 8.75. The highest BCUT2D eigenvalue weighted by Crippen LogP contribution is 2.06. The van der Waals surface area contributed by atoms with E-state index >= 15 is 0 Å². The predicted molar refractivity (Wildman–Crippen MR) is 66.6 cm³/mol. The zero-order valence-electron chi connectivity index (χ0n) is 10.5. The summed E-state index contributed by atoms with van der Waals surface area (Å²) in [4.78, 5) is 24.1. The molecule has 0 aliphatic heterocycles. The normalized spacial score (nSPS) is 10.1. The molecule has 0 fully saturated rings. The van der Waals surface area contributed by atoms with Crippen LogP contribution in [0, 0.1) is 0 Å². The van der Waals surface area contributed by atoms with Gasteiger partial charge in [-0.05, 0) is 17.7 Å². The average Bonchev–Trinajstić information content (AvgIpc) is 2.36. The molecule has 0 aliphatic carbocycles. The number of carboxylic acid groups (broad SMARTS) is 1. The fraction of sp³-hybridized carbons (Fsp3) is 0.385. The van der Waals surface area contributed by atoms with Crippen LogP contribution in [0.4, 0.5) is 0 Å². The van der Waals surface area contributed by atoms with E-state index in [0.717, 1.165) is 5.56 Å². The van der Waals surface area contributed by atoms with Crippen molar-refractivity contribution in [3.8, 4) is 0 Å². The number of likely N-dealkylation sites (N-methyl/N-ethyl adjacent to an activating group) is 1. The summed E-state index contributed by atoms with van der Waals surface area (Å²) in [6, 6.07) is 6.32. The summed E-state index contributed by atoms with van der Waals surface area (Å²) in [5.41, 5.74) is 1.02. The van der Waals surface area contributed by atoms with Crippen LogP contribution in [0.3, 0.4) is 0 Å². The Morgan fingerprint density at radius 3 is 2.39 bits per heavy atom. The molecule has 5 heteroatoms. The minimum atomic E-state index is -0.968. The highest BCUT2D eigenvalue weighted by atomic mass is 16.5. The van der Waals surface area contributed by atoms with Gasteiger partial charge in [0.05, 0.1) is 18.6 Å². The van der Waals surface area contributed by atoms with Gasteiger partial charge in [-0.3, -0.25) is 4.79 Å². The van der Waals surface area contributed by atoms with Crippen LogP contribution >= 0.6 is 0 Å². The van der Waals surface area contributed by atoms with Crippen molar-refractivity contribution in [3.63, 3.8) is 0 Å². The number of hydrogen-bond acceptors (Lipinski definition) is 3. The van der Waals surface area contributed by atoms with Gasteiger partial charge in [0.15, 0.2) is 0 Å². The molecular formula is C13H17NO4. The molecule has 0 atom stereocenters. The van der Waals surface area contributed by atoms with E-state index in [1.807, 2.05) is 0 Å². The van der Waals surface area contributed by atoms with Crippen LogP contribution in [0.2, 0.25) is 0 Å².